The predicted molar refractivity (Wildman–Crippen MR) is 67.9 cm³/mol. The molecule has 0 spiro atoms. The number of carboxylic acid groups (broad SMARTS) is 1. The molecule has 1 unspecified atom stereocenters. The van der Waals surface area contributed by atoms with Gasteiger partial charge in [-0.1, -0.05) is 17.7 Å². The zero-order chi connectivity index (χ0) is 13.3. The van der Waals surface area contributed by atoms with E-state index in [-0.39, 0.29) is 5.91 Å². The van der Waals surface area contributed by atoms with Crippen molar-refractivity contribution in [3.63, 3.8) is 0 Å². The normalized spacial score (nSPS) is 19.0. The van der Waals surface area contributed by atoms with Crippen LogP contribution in [-0.4, -0.2) is 34.5 Å². The molecule has 0 bridgehead atoms. The minimum absolute atomic E-state index is 0.250. The molecule has 1 atom stereocenters. The lowest BCUT2D eigenvalue weighted by molar-refractivity contribution is -0.141. The van der Waals surface area contributed by atoms with Crippen LogP contribution >= 0.6 is 11.6 Å². The summed E-state index contributed by atoms with van der Waals surface area (Å²) in [5.41, 5.74) is 1.29. The van der Waals surface area contributed by atoms with Crippen LogP contribution in [0, 0.1) is 6.92 Å². The Bertz CT molecular complexity index is 501. The number of hydrogen-bond acceptors (Lipinski definition) is 2. The minimum Gasteiger partial charge on any atom is -0.480 e. The summed E-state index contributed by atoms with van der Waals surface area (Å²) in [5.74, 6) is -1.19. The fourth-order valence-corrected chi connectivity index (χ4v) is 2.42. The first kappa shape index (κ1) is 12.9. The molecule has 18 heavy (non-hydrogen) atoms. The monoisotopic (exact) mass is 267 g/mol. The Morgan fingerprint density at radius 2 is 2.17 bits per heavy atom. The Kier molecular flexibility index (Phi) is 3.57. The van der Waals surface area contributed by atoms with Crippen LogP contribution in [0.25, 0.3) is 0 Å². The molecule has 1 saturated heterocycles. The topological polar surface area (TPSA) is 57.6 Å². The average Bonchev–Trinajstić information content (AvgIpc) is 2.80. The average molecular weight is 268 g/mol. The summed E-state index contributed by atoms with van der Waals surface area (Å²) in [7, 11) is 0. The number of aryl methyl sites for hydroxylation is 1. The Morgan fingerprint density at radius 3 is 2.83 bits per heavy atom. The lowest BCUT2D eigenvalue weighted by Gasteiger charge is -2.22. The number of likely N-dealkylation sites (tertiary alicyclic amines) is 1. The highest BCUT2D eigenvalue weighted by molar-refractivity contribution is 6.31. The highest BCUT2D eigenvalue weighted by atomic mass is 35.5. The van der Waals surface area contributed by atoms with Gasteiger partial charge < -0.3 is 10.0 Å². The number of carboxylic acids is 1. The molecule has 1 amide bonds. The van der Waals surface area contributed by atoms with E-state index in [4.69, 9.17) is 16.7 Å². The number of hydrogen-bond donors (Lipinski definition) is 1. The summed E-state index contributed by atoms with van der Waals surface area (Å²) in [6.07, 6.45) is 1.24. The van der Waals surface area contributed by atoms with Crippen LogP contribution in [0.2, 0.25) is 5.02 Å². The quantitative estimate of drug-likeness (QED) is 0.895. The maximum atomic E-state index is 12.3. The SMILES string of the molecule is Cc1ccc(Cl)cc1C(=O)N1CCCC1C(=O)O. The van der Waals surface area contributed by atoms with Crippen molar-refractivity contribution in [2.24, 2.45) is 0 Å². The van der Waals surface area contributed by atoms with Gasteiger partial charge in [0.05, 0.1) is 0 Å². The molecule has 0 saturated carbocycles. The van der Waals surface area contributed by atoms with E-state index in [1.54, 1.807) is 18.2 Å². The first-order valence-corrected chi connectivity index (χ1v) is 6.18. The van der Waals surface area contributed by atoms with Crippen molar-refractivity contribution in [2.75, 3.05) is 6.54 Å². The van der Waals surface area contributed by atoms with Gasteiger partial charge in [-0.05, 0) is 37.5 Å². The maximum Gasteiger partial charge on any atom is 0.326 e. The van der Waals surface area contributed by atoms with Gasteiger partial charge in [0.25, 0.3) is 5.91 Å². The first-order valence-electron chi connectivity index (χ1n) is 5.80. The lowest BCUT2D eigenvalue weighted by Crippen LogP contribution is -2.40. The highest BCUT2D eigenvalue weighted by Crippen LogP contribution is 2.23. The van der Waals surface area contributed by atoms with Crippen LogP contribution in [-0.2, 0) is 4.79 Å². The third-order valence-corrected chi connectivity index (χ3v) is 3.46. The molecule has 2 rings (SSSR count). The van der Waals surface area contributed by atoms with Gasteiger partial charge in [0.2, 0.25) is 0 Å². The molecule has 5 heteroatoms. The minimum atomic E-state index is -0.944. The first-order chi connectivity index (χ1) is 8.50. The van der Waals surface area contributed by atoms with Crippen LogP contribution < -0.4 is 0 Å². The number of nitrogens with zero attached hydrogens (tertiary/aromatic N) is 1. The standard InChI is InChI=1S/C13H14ClNO3/c1-8-4-5-9(14)7-10(8)12(16)15-6-2-3-11(15)13(17)18/h4-5,7,11H,2-3,6H2,1H3,(H,17,18). The van der Waals surface area contributed by atoms with Crippen LogP contribution in [0.1, 0.15) is 28.8 Å². The summed E-state index contributed by atoms with van der Waals surface area (Å²) in [6, 6.07) is 4.36. The van der Waals surface area contributed by atoms with Gasteiger partial charge in [0.15, 0.2) is 0 Å². The fourth-order valence-electron chi connectivity index (χ4n) is 2.25. The van der Waals surface area contributed by atoms with Gasteiger partial charge in [-0.2, -0.15) is 0 Å². The van der Waals surface area contributed by atoms with Crippen molar-refractivity contribution in [2.45, 2.75) is 25.8 Å². The van der Waals surface area contributed by atoms with E-state index in [1.165, 1.54) is 4.90 Å². The molecule has 1 aromatic rings. The number of rotatable bonds is 2. The van der Waals surface area contributed by atoms with Crippen molar-refractivity contribution in [1.82, 2.24) is 4.90 Å². The van der Waals surface area contributed by atoms with Crippen molar-refractivity contribution in [3.8, 4) is 0 Å². The van der Waals surface area contributed by atoms with E-state index in [2.05, 4.69) is 0 Å². The Labute approximate surface area is 110 Å². The number of halogens is 1. The van der Waals surface area contributed by atoms with Gasteiger partial charge in [-0.15, -0.1) is 0 Å². The second-order valence-electron chi connectivity index (χ2n) is 4.45. The molecule has 1 N–H and O–H groups in total. The molecular formula is C13H14ClNO3. The zero-order valence-corrected chi connectivity index (χ0v) is 10.8. The fraction of sp³-hybridized carbons (Fsp3) is 0.385. The van der Waals surface area contributed by atoms with E-state index in [0.717, 1.165) is 12.0 Å². The smallest absolute Gasteiger partial charge is 0.326 e. The maximum absolute atomic E-state index is 12.3. The van der Waals surface area contributed by atoms with E-state index in [9.17, 15) is 9.59 Å². The molecule has 0 aliphatic carbocycles. The van der Waals surface area contributed by atoms with Gasteiger partial charge >= 0.3 is 5.97 Å². The van der Waals surface area contributed by atoms with Crippen molar-refractivity contribution in [3.05, 3.63) is 34.3 Å². The van der Waals surface area contributed by atoms with Gasteiger partial charge in [-0.25, -0.2) is 4.79 Å². The molecular weight excluding hydrogens is 254 g/mol. The predicted octanol–water partition coefficient (Wildman–Crippen LogP) is 2.34. The number of carbonyl (C=O) groups excluding carboxylic acids is 1. The van der Waals surface area contributed by atoms with E-state index in [1.807, 2.05) is 6.92 Å². The molecule has 0 aromatic heterocycles. The van der Waals surface area contributed by atoms with E-state index < -0.39 is 12.0 Å². The van der Waals surface area contributed by atoms with Gasteiger partial charge in [0, 0.05) is 17.1 Å². The Morgan fingerprint density at radius 1 is 1.44 bits per heavy atom. The number of carbonyl (C=O) groups is 2. The van der Waals surface area contributed by atoms with E-state index in [0.29, 0.717) is 23.6 Å². The summed E-state index contributed by atoms with van der Waals surface area (Å²) >= 11 is 5.88. The third kappa shape index (κ3) is 2.34. The summed E-state index contributed by atoms with van der Waals surface area (Å²) in [4.78, 5) is 24.8. The molecule has 1 aliphatic rings. The van der Waals surface area contributed by atoms with Crippen LogP contribution in [0.15, 0.2) is 18.2 Å². The second-order valence-corrected chi connectivity index (χ2v) is 4.89. The molecule has 4 nitrogen and oxygen atoms in total. The Hall–Kier alpha value is -1.55. The van der Waals surface area contributed by atoms with Crippen molar-refractivity contribution in [1.29, 1.82) is 0 Å². The second kappa shape index (κ2) is 4.98. The third-order valence-electron chi connectivity index (χ3n) is 3.23. The van der Waals surface area contributed by atoms with Crippen LogP contribution in [0.4, 0.5) is 0 Å². The molecule has 96 valence electrons. The summed E-state index contributed by atoms with van der Waals surface area (Å²) in [5, 5.41) is 9.56. The van der Waals surface area contributed by atoms with Crippen LogP contribution in [0.5, 0.6) is 0 Å². The molecule has 0 radical (unpaired) electrons. The summed E-state index contributed by atoms with van der Waals surface area (Å²) in [6.45, 7) is 2.30. The molecule has 1 fully saturated rings. The summed E-state index contributed by atoms with van der Waals surface area (Å²) < 4.78 is 0. The molecule has 1 heterocycles. The molecule has 1 aliphatic heterocycles. The number of amides is 1. The highest BCUT2D eigenvalue weighted by Gasteiger charge is 2.34. The molecule has 1 aromatic carbocycles. The van der Waals surface area contributed by atoms with Crippen molar-refractivity contribution >= 4 is 23.5 Å². The number of aliphatic carboxylic acids is 1. The lowest BCUT2D eigenvalue weighted by atomic mass is 10.1. The van der Waals surface area contributed by atoms with Gasteiger partial charge in [-0.3, -0.25) is 4.79 Å². The van der Waals surface area contributed by atoms with Gasteiger partial charge in [0.1, 0.15) is 6.04 Å². The zero-order valence-electron chi connectivity index (χ0n) is 10.0. The Balaban J connectivity index is 2.31. The van der Waals surface area contributed by atoms with Crippen molar-refractivity contribution < 1.29 is 14.7 Å². The number of benzene rings is 1. The van der Waals surface area contributed by atoms with Crippen LogP contribution in [0.3, 0.4) is 0 Å². The van der Waals surface area contributed by atoms with E-state index >= 15 is 0 Å². The largest absolute Gasteiger partial charge is 0.480 e.